The van der Waals surface area contributed by atoms with Crippen molar-refractivity contribution in [3.63, 3.8) is 0 Å². The van der Waals surface area contributed by atoms with Crippen molar-refractivity contribution in [2.45, 2.75) is 11.5 Å². The number of esters is 1. The number of carbonyl (C=O) groups excluding carboxylic acids is 2. The molecule has 0 aliphatic carbocycles. The lowest BCUT2D eigenvalue weighted by Crippen LogP contribution is -2.23. The van der Waals surface area contributed by atoms with E-state index in [-0.39, 0.29) is 27.5 Å². The number of halogens is 2. The summed E-state index contributed by atoms with van der Waals surface area (Å²) in [5, 5.41) is 2.39. The molecule has 2 aromatic carbocycles. The van der Waals surface area contributed by atoms with Gasteiger partial charge in [0.05, 0.1) is 30.4 Å². The normalized spacial score (nSPS) is 11.4. The van der Waals surface area contributed by atoms with E-state index >= 15 is 0 Å². The second kappa shape index (κ2) is 9.71. The molecule has 0 aromatic heterocycles. The van der Waals surface area contributed by atoms with Gasteiger partial charge in [-0.15, -0.1) is 0 Å². The van der Waals surface area contributed by atoms with Crippen molar-refractivity contribution < 1.29 is 41.0 Å². The monoisotopic (exact) mass is 458 g/mol. The number of benzene rings is 2. The lowest BCUT2D eigenvalue weighted by molar-refractivity contribution is -0.0511. The summed E-state index contributed by atoms with van der Waals surface area (Å²) in [5.41, 5.74) is -0.438. The maximum absolute atomic E-state index is 12.7. The number of amides is 1. The van der Waals surface area contributed by atoms with Crippen molar-refractivity contribution in [3.8, 4) is 11.5 Å². The molecule has 1 N–H and O–H groups in total. The van der Waals surface area contributed by atoms with Gasteiger partial charge in [-0.05, 0) is 18.2 Å². The number of ether oxygens (including phenoxy) is 3. The van der Waals surface area contributed by atoms with E-state index in [4.69, 9.17) is 4.74 Å². The molecule has 31 heavy (non-hydrogen) atoms. The van der Waals surface area contributed by atoms with Crippen molar-refractivity contribution in [2.75, 3.05) is 33.6 Å². The largest absolute Gasteiger partial charge is 0.493 e. The molecule has 0 atom stereocenters. The van der Waals surface area contributed by atoms with Gasteiger partial charge < -0.3 is 19.5 Å². The Morgan fingerprint density at radius 3 is 2.29 bits per heavy atom. The van der Waals surface area contributed by atoms with Gasteiger partial charge in [-0.25, -0.2) is 17.5 Å². The van der Waals surface area contributed by atoms with E-state index < -0.39 is 34.3 Å². The van der Waals surface area contributed by atoms with Crippen LogP contribution in [0.5, 0.6) is 11.5 Å². The van der Waals surface area contributed by atoms with Crippen LogP contribution in [-0.4, -0.2) is 59.5 Å². The summed E-state index contributed by atoms with van der Waals surface area (Å²) in [5.74, 6) is -2.28. The molecule has 168 valence electrons. The molecule has 0 aliphatic heterocycles. The van der Waals surface area contributed by atoms with Crippen LogP contribution in [0.15, 0.2) is 41.3 Å². The lowest BCUT2D eigenvalue weighted by Gasteiger charge is -2.16. The van der Waals surface area contributed by atoms with Crippen LogP contribution in [0, 0.1) is 0 Å². The Kier molecular flexibility index (Phi) is 7.52. The number of sulfonamides is 1. The Hall–Kier alpha value is -3.25. The third kappa shape index (κ3) is 5.47. The molecule has 0 saturated heterocycles. The van der Waals surface area contributed by atoms with Gasteiger partial charge in [-0.1, -0.05) is 6.07 Å². The van der Waals surface area contributed by atoms with E-state index in [1.54, 1.807) is 0 Å². The van der Waals surface area contributed by atoms with Gasteiger partial charge >= 0.3 is 12.6 Å². The number of rotatable bonds is 8. The second-order valence-corrected chi connectivity index (χ2v) is 8.34. The van der Waals surface area contributed by atoms with Gasteiger partial charge in [-0.3, -0.25) is 4.79 Å². The molecular weight excluding hydrogens is 438 g/mol. The molecule has 0 fully saturated rings. The highest BCUT2D eigenvalue weighted by atomic mass is 32.2. The number of carbonyl (C=O) groups is 2. The minimum Gasteiger partial charge on any atom is -0.493 e. The maximum Gasteiger partial charge on any atom is 0.387 e. The number of nitrogens with one attached hydrogen (secondary N) is 1. The Labute approximate surface area is 177 Å². The summed E-state index contributed by atoms with van der Waals surface area (Å²) in [6.07, 6.45) is 0. The van der Waals surface area contributed by atoms with Gasteiger partial charge in [0.1, 0.15) is 0 Å². The molecule has 1 amide bonds. The van der Waals surface area contributed by atoms with Crippen LogP contribution in [0.3, 0.4) is 0 Å². The maximum atomic E-state index is 12.7. The highest BCUT2D eigenvalue weighted by Gasteiger charge is 2.23. The van der Waals surface area contributed by atoms with Crippen molar-refractivity contribution in [1.82, 2.24) is 4.31 Å². The summed E-state index contributed by atoms with van der Waals surface area (Å²) in [4.78, 5) is 24.7. The molecule has 0 saturated carbocycles. The van der Waals surface area contributed by atoms with Gasteiger partial charge in [0.25, 0.3) is 5.91 Å². The highest BCUT2D eigenvalue weighted by Crippen LogP contribution is 2.35. The van der Waals surface area contributed by atoms with Crippen molar-refractivity contribution in [1.29, 1.82) is 0 Å². The quantitative estimate of drug-likeness (QED) is 0.605. The molecule has 0 heterocycles. The fourth-order valence-corrected chi connectivity index (χ4v) is 3.44. The third-order valence-corrected chi connectivity index (χ3v) is 5.86. The number of hydrogen-bond donors (Lipinski definition) is 1. The van der Waals surface area contributed by atoms with Crippen LogP contribution in [0.4, 0.5) is 14.5 Å². The minimum atomic E-state index is -3.80. The summed E-state index contributed by atoms with van der Waals surface area (Å²) in [6.45, 7) is -3.19. The average molecular weight is 458 g/mol. The average Bonchev–Trinajstić information content (AvgIpc) is 2.72. The van der Waals surface area contributed by atoms with Crippen LogP contribution in [0.1, 0.15) is 20.7 Å². The first kappa shape index (κ1) is 24.0. The van der Waals surface area contributed by atoms with Crippen molar-refractivity contribution in [3.05, 3.63) is 47.5 Å². The van der Waals surface area contributed by atoms with E-state index in [0.717, 1.165) is 29.6 Å². The summed E-state index contributed by atoms with van der Waals surface area (Å²) >= 11 is 0. The van der Waals surface area contributed by atoms with E-state index in [1.807, 2.05) is 0 Å². The Balaban J connectivity index is 2.49. The summed E-state index contributed by atoms with van der Waals surface area (Å²) in [7, 11) is 1.16. The summed E-state index contributed by atoms with van der Waals surface area (Å²) in [6, 6.07) is 7.23. The molecule has 0 aliphatic rings. The molecular formula is C19H20F2N2O7S. The van der Waals surface area contributed by atoms with Crippen molar-refractivity contribution >= 4 is 27.6 Å². The SMILES string of the molecule is COC(=O)c1cc(OC)c(OC(F)F)cc1NC(=O)c1cccc(S(=O)(=O)N(C)C)c1. The first-order valence-electron chi connectivity index (χ1n) is 8.60. The van der Waals surface area contributed by atoms with Crippen LogP contribution in [-0.2, 0) is 14.8 Å². The molecule has 2 rings (SSSR count). The number of hydrogen-bond acceptors (Lipinski definition) is 7. The summed E-state index contributed by atoms with van der Waals surface area (Å²) < 4.78 is 65.0. The molecule has 0 bridgehead atoms. The minimum absolute atomic E-state index is 0.0501. The standard InChI is InChI=1S/C19H20F2N2O7S/c1-23(2)31(26,27)12-7-5-6-11(8-12)17(24)22-14-10-16(30-19(20)21)15(28-3)9-13(14)18(25)29-4/h5-10,19H,1-4H3,(H,22,24). The third-order valence-electron chi connectivity index (χ3n) is 4.05. The number of anilines is 1. The highest BCUT2D eigenvalue weighted by molar-refractivity contribution is 7.89. The Morgan fingerprint density at radius 1 is 1.06 bits per heavy atom. The van der Waals surface area contributed by atoms with Crippen molar-refractivity contribution in [2.24, 2.45) is 0 Å². The fraction of sp³-hybridized carbons (Fsp3) is 0.263. The topological polar surface area (TPSA) is 111 Å². The van der Waals surface area contributed by atoms with E-state index in [1.165, 1.54) is 39.4 Å². The predicted molar refractivity (Wildman–Crippen MR) is 106 cm³/mol. The first-order valence-corrected chi connectivity index (χ1v) is 10.0. The Morgan fingerprint density at radius 2 is 1.74 bits per heavy atom. The lowest BCUT2D eigenvalue weighted by atomic mass is 10.1. The second-order valence-electron chi connectivity index (χ2n) is 6.19. The van der Waals surface area contributed by atoms with E-state index in [9.17, 15) is 26.8 Å². The molecule has 0 spiro atoms. The van der Waals surface area contributed by atoms with Crippen LogP contribution < -0.4 is 14.8 Å². The van der Waals surface area contributed by atoms with E-state index in [0.29, 0.717) is 0 Å². The van der Waals surface area contributed by atoms with E-state index in [2.05, 4.69) is 14.8 Å². The molecule has 9 nitrogen and oxygen atoms in total. The van der Waals surface area contributed by atoms with Gasteiger partial charge in [0.2, 0.25) is 10.0 Å². The smallest absolute Gasteiger partial charge is 0.387 e. The fourth-order valence-electron chi connectivity index (χ4n) is 2.49. The number of alkyl halides is 2. The van der Waals surface area contributed by atoms with Gasteiger partial charge in [-0.2, -0.15) is 8.78 Å². The molecule has 2 aromatic rings. The van der Waals surface area contributed by atoms with Crippen LogP contribution in [0.25, 0.3) is 0 Å². The van der Waals surface area contributed by atoms with Gasteiger partial charge in [0, 0.05) is 31.8 Å². The number of methoxy groups -OCH3 is 2. The van der Waals surface area contributed by atoms with Gasteiger partial charge in [0.15, 0.2) is 11.5 Å². The zero-order chi connectivity index (χ0) is 23.3. The zero-order valence-corrected chi connectivity index (χ0v) is 17.8. The molecule has 0 unspecified atom stereocenters. The van der Waals surface area contributed by atoms with Crippen LogP contribution >= 0.6 is 0 Å². The zero-order valence-electron chi connectivity index (χ0n) is 17.0. The number of nitrogens with zero attached hydrogens (tertiary/aromatic N) is 1. The molecule has 12 heteroatoms. The Bertz CT molecular complexity index is 1090. The first-order chi connectivity index (χ1) is 14.5. The predicted octanol–water partition coefficient (Wildman–Crippen LogP) is 2.59. The molecule has 0 radical (unpaired) electrons. The van der Waals surface area contributed by atoms with Crippen LogP contribution in [0.2, 0.25) is 0 Å².